The van der Waals surface area contributed by atoms with Crippen molar-refractivity contribution in [3.63, 3.8) is 0 Å². The molecule has 0 bridgehead atoms. The molecule has 0 saturated carbocycles. The minimum absolute atomic E-state index is 0.230. The zero-order valence-electron chi connectivity index (χ0n) is 10.7. The van der Waals surface area contributed by atoms with Crippen LogP contribution in [-0.2, 0) is 11.4 Å². The summed E-state index contributed by atoms with van der Waals surface area (Å²) in [6, 6.07) is 5.08. The van der Waals surface area contributed by atoms with E-state index in [1.54, 1.807) is 18.2 Å². The van der Waals surface area contributed by atoms with E-state index in [0.29, 0.717) is 22.2 Å². The molecule has 20 heavy (non-hydrogen) atoms. The van der Waals surface area contributed by atoms with Gasteiger partial charge in [-0.15, -0.1) is 0 Å². The van der Waals surface area contributed by atoms with Gasteiger partial charge in [0.05, 0.1) is 19.2 Å². The first kappa shape index (κ1) is 13.8. The molecule has 0 unspecified atom stereocenters. The Morgan fingerprint density at radius 1 is 1.35 bits per heavy atom. The van der Waals surface area contributed by atoms with Crippen molar-refractivity contribution < 1.29 is 24.5 Å². The third-order valence-corrected chi connectivity index (χ3v) is 2.87. The highest BCUT2D eigenvalue weighted by Gasteiger charge is 2.12. The van der Waals surface area contributed by atoms with Crippen LogP contribution in [-0.4, -0.2) is 33.8 Å². The quantitative estimate of drug-likeness (QED) is 0.824. The predicted molar refractivity (Wildman–Crippen MR) is 71.8 cm³/mol. The van der Waals surface area contributed by atoms with Gasteiger partial charge in [-0.2, -0.15) is 0 Å². The topological polar surface area (TPSA) is 88.8 Å². The first-order valence-corrected chi connectivity index (χ1v) is 5.81. The summed E-state index contributed by atoms with van der Waals surface area (Å²) in [6.07, 6.45) is 3.22. The summed E-state index contributed by atoms with van der Waals surface area (Å²) in [5, 5.41) is 18.6. The van der Waals surface area contributed by atoms with Gasteiger partial charge in [0.25, 0.3) is 5.91 Å². The van der Waals surface area contributed by atoms with Gasteiger partial charge in [0.2, 0.25) is 0 Å². The summed E-state index contributed by atoms with van der Waals surface area (Å²) in [7, 11) is 1.53. The van der Waals surface area contributed by atoms with Gasteiger partial charge in [0.1, 0.15) is 5.75 Å². The predicted octanol–water partition coefficient (Wildman–Crippen LogP) is 1.42. The van der Waals surface area contributed by atoms with Crippen LogP contribution >= 0.6 is 0 Å². The number of carboxylic acid groups (broad SMARTS) is 1. The zero-order valence-corrected chi connectivity index (χ0v) is 10.7. The van der Waals surface area contributed by atoms with Crippen LogP contribution in [0.5, 0.6) is 5.75 Å². The van der Waals surface area contributed by atoms with Gasteiger partial charge in [-0.3, -0.25) is 9.36 Å². The third-order valence-electron chi connectivity index (χ3n) is 2.87. The molecule has 2 N–H and O–H groups in total. The van der Waals surface area contributed by atoms with Gasteiger partial charge in [0, 0.05) is 29.3 Å². The number of fused-ring (bicyclic) bond motifs is 1. The summed E-state index contributed by atoms with van der Waals surface area (Å²) < 4.78 is 6.39. The van der Waals surface area contributed by atoms with Crippen molar-refractivity contribution in [2.75, 3.05) is 7.11 Å². The zero-order chi connectivity index (χ0) is 14.7. The molecule has 0 amide bonds. The van der Waals surface area contributed by atoms with E-state index in [-0.39, 0.29) is 6.61 Å². The number of ether oxygens (including phenoxy) is 1. The van der Waals surface area contributed by atoms with Gasteiger partial charge < -0.3 is 14.9 Å². The number of allylic oxidation sites excluding steroid dienone is 1. The van der Waals surface area contributed by atoms with Gasteiger partial charge in [-0.25, -0.2) is 4.79 Å². The Bertz CT molecular complexity index is 699. The van der Waals surface area contributed by atoms with Crippen LogP contribution < -0.4 is 4.74 Å². The molecule has 0 aliphatic heterocycles. The normalized spacial score (nSPS) is 11.1. The first-order chi connectivity index (χ1) is 9.56. The highest BCUT2D eigenvalue weighted by Crippen LogP contribution is 2.26. The van der Waals surface area contributed by atoms with Crippen molar-refractivity contribution in [2.45, 2.75) is 6.61 Å². The molecule has 0 fully saturated rings. The average molecular weight is 275 g/mol. The number of rotatable bonds is 4. The number of aliphatic carboxylic acids is 1. The molecule has 0 radical (unpaired) electrons. The van der Waals surface area contributed by atoms with Crippen LogP contribution in [0.2, 0.25) is 0 Å². The first-order valence-electron chi connectivity index (χ1n) is 5.81. The number of nitrogens with zero attached hydrogens (tertiary/aromatic N) is 1. The molecule has 0 atom stereocenters. The summed E-state index contributed by atoms with van der Waals surface area (Å²) in [6.45, 7) is -0.230. The molecule has 1 heterocycles. The summed E-state index contributed by atoms with van der Waals surface area (Å²) in [5.74, 6) is -1.08. The van der Waals surface area contributed by atoms with Crippen LogP contribution in [0.25, 0.3) is 10.9 Å². The largest absolute Gasteiger partial charge is 0.497 e. The van der Waals surface area contributed by atoms with E-state index in [1.165, 1.54) is 17.9 Å². The Balaban J connectivity index is 2.54. The maximum atomic E-state index is 11.9. The lowest BCUT2D eigenvalue weighted by Crippen LogP contribution is -2.06. The van der Waals surface area contributed by atoms with Crippen LogP contribution in [0.3, 0.4) is 0 Å². The highest BCUT2D eigenvalue weighted by atomic mass is 16.5. The summed E-state index contributed by atoms with van der Waals surface area (Å²) in [5.41, 5.74) is 1.14. The van der Waals surface area contributed by atoms with Crippen LogP contribution in [0.4, 0.5) is 0 Å². The second-order valence-electron chi connectivity index (χ2n) is 4.08. The van der Waals surface area contributed by atoms with Gasteiger partial charge >= 0.3 is 5.97 Å². The number of carbonyl (C=O) groups excluding carboxylic acids is 1. The van der Waals surface area contributed by atoms with Crippen molar-refractivity contribution in [3.8, 4) is 5.75 Å². The maximum Gasteiger partial charge on any atom is 0.328 e. The minimum Gasteiger partial charge on any atom is -0.497 e. The van der Waals surface area contributed by atoms with Crippen LogP contribution in [0, 0.1) is 0 Å². The fourth-order valence-electron chi connectivity index (χ4n) is 1.94. The molecule has 6 heteroatoms. The van der Waals surface area contributed by atoms with Crippen LogP contribution in [0.15, 0.2) is 36.5 Å². The number of aliphatic hydroxyl groups excluding tert-OH is 1. The van der Waals surface area contributed by atoms with Gasteiger partial charge in [-0.05, 0) is 18.2 Å². The van der Waals surface area contributed by atoms with Crippen molar-refractivity contribution in [1.29, 1.82) is 0 Å². The Hall–Kier alpha value is -2.60. The van der Waals surface area contributed by atoms with Crippen molar-refractivity contribution in [1.82, 2.24) is 4.57 Å². The molecule has 2 aromatic rings. The number of carbonyl (C=O) groups is 2. The molecular formula is C14H13NO5. The number of hydrogen-bond acceptors (Lipinski definition) is 4. The monoisotopic (exact) mass is 275 g/mol. The number of hydrogen-bond donors (Lipinski definition) is 2. The molecule has 6 nitrogen and oxygen atoms in total. The summed E-state index contributed by atoms with van der Waals surface area (Å²) in [4.78, 5) is 22.4. The number of carboxylic acids is 1. The molecule has 0 saturated heterocycles. The Kier molecular flexibility index (Phi) is 3.86. The Morgan fingerprint density at radius 3 is 2.70 bits per heavy atom. The van der Waals surface area contributed by atoms with Crippen molar-refractivity contribution >= 4 is 22.8 Å². The molecule has 0 aliphatic carbocycles. The smallest absolute Gasteiger partial charge is 0.328 e. The van der Waals surface area contributed by atoms with E-state index in [0.717, 1.165) is 12.2 Å². The van der Waals surface area contributed by atoms with Crippen LogP contribution in [0.1, 0.15) is 10.4 Å². The number of methoxy groups -OCH3 is 1. The fourth-order valence-corrected chi connectivity index (χ4v) is 1.94. The van der Waals surface area contributed by atoms with Crippen molar-refractivity contribution in [3.05, 3.63) is 42.1 Å². The molecule has 1 aromatic heterocycles. The Labute approximate surface area is 114 Å². The van der Waals surface area contributed by atoms with E-state index in [1.807, 2.05) is 0 Å². The lowest BCUT2D eigenvalue weighted by molar-refractivity contribution is -0.131. The van der Waals surface area contributed by atoms with E-state index < -0.39 is 11.9 Å². The number of aromatic nitrogens is 1. The fraction of sp³-hybridized carbons (Fsp3) is 0.143. The Morgan fingerprint density at radius 2 is 2.10 bits per heavy atom. The van der Waals surface area contributed by atoms with Gasteiger partial charge in [0.15, 0.2) is 0 Å². The molecule has 104 valence electrons. The number of benzene rings is 1. The maximum absolute atomic E-state index is 11.9. The van der Waals surface area contributed by atoms with Gasteiger partial charge in [-0.1, -0.05) is 0 Å². The molecule has 0 aliphatic rings. The summed E-state index contributed by atoms with van der Waals surface area (Å²) >= 11 is 0. The molecule has 2 rings (SSSR count). The molecular weight excluding hydrogens is 262 g/mol. The number of aliphatic hydroxyl groups is 1. The van der Waals surface area contributed by atoms with E-state index >= 15 is 0 Å². The van der Waals surface area contributed by atoms with E-state index in [2.05, 4.69) is 0 Å². The lowest BCUT2D eigenvalue weighted by atomic mass is 10.2. The second-order valence-corrected chi connectivity index (χ2v) is 4.08. The average Bonchev–Trinajstić information content (AvgIpc) is 2.82. The standard InChI is InChI=1S/C14H13NO5/c1-20-10-2-3-12-11(6-10)9(8-16)7-15(12)13(17)4-5-14(18)19/h2-7,16H,8H2,1H3,(H,18,19)/b5-4+. The lowest BCUT2D eigenvalue weighted by Gasteiger charge is -2.02. The highest BCUT2D eigenvalue weighted by molar-refractivity contribution is 6.02. The van der Waals surface area contributed by atoms with E-state index in [9.17, 15) is 14.7 Å². The third kappa shape index (κ3) is 2.55. The molecule has 0 spiro atoms. The van der Waals surface area contributed by atoms with E-state index in [4.69, 9.17) is 9.84 Å². The molecule has 1 aromatic carbocycles. The second kappa shape index (κ2) is 5.58. The SMILES string of the molecule is COc1ccc2c(c1)c(CO)cn2C(=O)/C=C/C(=O)O. The van der Waals surface area contributed by atoms with Crippen molar-refractivity contribution in [2.24, 2.45) is 0 Å². The minimum atomic E-state index is -1.20.